The van der Waals surface area contributed by atoms with Gasteiger partial charge in [0.2, 0.25) is 0 Å². The Labute approximate surface area is 219 Å². The molecule has 190 valence electrons. The lowest BCUT2D eigenvalue weighted by Crippen LogP contribution is -2.23. The lowest BCUT2D eigenvalue weighted by atomic mass is 10.1. The standard InChI is InChI=1S/C30H28FN7/c1-5-9-19(4)34-21-13-20(14-32-15-21)18(3)12-23-26(6-2)37-38-29(23)30-35-27-17-33-16-24(28(27)36-30)22-10-7-8-11-25(22)31/h6-8,10-17,34,37H,3-5,9H2,1-2H3,(H,35,36)/b23-12+,26-6+. The Morgan fingerprint density at radius 2 is 1.89 bits per heavy atom. The Hall–Kier alpha value is -4.85. The topological polar surface area (TPSA) is 95.2 Å². The number of halogens is 1. The predicted molar refractivity (Wildman–Crippen MR) is 152 cm³/mol. The summed E-state index contributed by atoms with van der Waals surface area (Å²) in [5.41, 5.74) is 6.39. The number of aromatic nitrogens is 6. The van der Waals surface area contributed by atoms with Crippen LogP contribution in [0.4, 0.5) is 10.1 Å². The molecule has 5 aromatic rings. The van der Waals surface area contributed by atoms with Gasteiger partial charge in [-0.2, -0.15) is 5.10 Å². The number of anilines is 1. The van der Waals surface area contributed by atoms with E-state index in [2.05, 4.69) is 50.5 Å². The van der Waals surface area contributed by atoms with Crippen LogP contribution in [-0.2, 0) is 0 Å². The van der Waals surface area contributed by atoms with Crippen LogP contribution < -0.4 is 15.9 Å². The number of H-pyrrole nitrogens is 2. The maximum Gasteiger partial charge on any atom is 0.159 e. The summed E-state index contributed by atoms with van der Waals surface area (Å²) >= 11 is 0. The number of imidazole rings is 1. The normalized spacial score (nSPS) is 12.3. The minimum absolute atomic E-state index is 0.331. The zero-order valence-electron chi connectivity index (χ0n) is 21.3. The van der Waals surface area contributed by atoms with Gasteiger partial charge in [0.15, 0.2) is 5.82 Å². The quantitative estimate of drug-likeness (QED) is 0.256. The molecule has 4 aromatic heterocycles. The van der Waals surface area contributed by atoms with Crippen molar-refractivity contribution in [2.75, 3.05) is 5.32 Å². The Morgan fingerprint density at radius 3 is 2.68 bits per heavy atom. The summed E-state index contributed by atoms with van der Waals surface area (Å²) in [5.74, 6) is 0.210. The molecule has 0 aliphatic heterocycles. The van der Waals surface area contributed by atoms with Gasteiger partial charge in [0, 0.05) is 40.0 Å². The largest absolute Gasteiger partial charge is 0.358 e. The predicted octanol–water partition coefficient (Wildman–Crippen LogP) is 5.57. The van der Waals surface area contributed by atoms with Crippen molar-refractivity contribution in [3.8, 4) is 22.6 Å². The summed E-state index contributed by atoms with van der Waals surface area (Å²) in [5, 5.41) is 12.6. The van der Waals surface area contributed by atoms with E-state index in [-0.39, 0.29) is 5.82 Å². The number of nitrogens with zero attached hydrogens (tertiary/aromatic N) is 4. The van der Waals surface area contributed by atoms with Gasteiger partial charge in [-0.3, -0.25) is 15.1 Å². The first-order valence-electron chi connectivity index (χ1n) is 12.4. The van der Waals surface area contributed by atoms with Crippen LogP contribution in [0.1, 0.15) is 32.3 Å². The lowest BCUT2D eigenvalue weighted by molar-refractivity contribution is 0.631. The smallest absolute Gasteiger partial charge is 0.159 e. The monoisotopic (exact) mass is 505 g/mol. The molecule has 0 saturated heterocycles. The highest BCUT2D eigenvalue weighted by atomic mass is 19.1. The Bertz CT molecular complexity index is 1780. The highest BCUT2D eigenvalue weighted by molar-refractivity contribution is 5.93. The van der Waals surface area contributed by atoms with Gasteiger partial charge in [-0.25, -0.2) is 9.37 Å². The molecule has 38 heavy (non-hydrogen) atoms. The molecule has 0 aliphatic rings. The molecule has 0 atom stereocenters. The average molecular weight is 506 g/mol. The molecule has 0 bridgehead atoms. The van der Waals surface area contributed by atoms with E-state index in [9.17, 15) is 4.39 Å². The summed E-state index contributed by atoms with van der Waals surface area (Å²) in [4.78, 5) is 16.8. The molecule has 0 radical (unpaired) electrons. The van der Waals surface area contributed by atoms with Crippen LogP contribution in [0.25, 0.3) is 51.4 Å². The van der Waals surface area contributed by atoms with Crippen molar-refractivity contribution in [2.45, 2.75) is 26.7 Å². The van der Waals surface area contributed by atoms with E-state index in [0.717, 1.165) is 45.9 Å². The fourth-order valence-electron chi connectivity index (χ4n) is 4.34. The maximum atomic E-state index is 14.6. The minimum atomic E-state index is -0.331. The first-order chi connectivity index (χ1) is 18.5. The fraction of sp³-hybridized carbons (Fsp3) is 0.133. The van der Waals surface area contributed by atoms with E-state index in [1.165, 1.54) is 6.07 Å². The van der Waals surface area contributed by atoms with Gasteiger partial charge < -0.3 is 10.3 Å². The third kappa shape index (κ3) is 4.88. The molecule has 8 heteroatoms. The van der Waals surface area contributed by atoms with Gasteiger partial charge in [-0.15, -0.1) is 0 Å². The van der Waals surface area contributed by atoms with E-state index in [1.54, 1.807) is 43.0 Å². The van der Waals surface area contributed by atoms with Crippen molar-refractivity contribution >= 4 is 34.4 Å². The van der Waals surface area contributed by atoms with E-state index in [4.69, 9.17) is 4.98 Å². The van der Waals surface area contributed by atoms with Crippen LogP contribution in [0.2, 0.25) is 0 Å². The Morgan fingerprint density at radius 1 is 1.08 bits per heavy atom. The van der Waals surface area contributed by atoms with Crippen LogP contribution in [0.3, 0.4) is 0 Å². The molecule has 4 heterocycles. The van der Waals surface area contributed by atoms with Crippen LogP contribution in [0.5, 0.6) is 0 Å². The lowest BCUT2D eigenvalue weighted by Gasteiger charge is -2.09. The van der Waals surface area contributed by atoms with Crippen molar-refractivity contribution < 1.29 is 4.39 Å². The average Bonchev–Trinajstić information content (AvgIpc) is 3.53. The van der Waals surface area contributed by atoms with Gasteiger partial charge in [-0.05, 0) is 37.1 Å². The molecule has 0 aliphatic carbocycles. The molecule has 0 amide bonds. The number of rotatable bonds is 8. The number of aromatic amines is 2. The number of pyridine rings is 2. The van der Waals surface area contributed by atoms with Crippen molar-refractivity contribution in [3.05, 3.63) is 95.9 Å². The zero-order valence-corrected chi connectivity index (χ0v) is 21.3. The van der Waals surface area contributed by atoms with Gasteiger partial charge in [0.05, 0.1) is 28.9 Å². The second-order valence-corrected chi connectivity index (χ2v) is 8.95. The fourth-order valence-corrected chi connectivity index (χ4v) is 4.34. The second kappa shape index (κ2) is 10.6. The molecule has 0 spiro atoms. The van der Waals surface area contributed by atoms with Gasteiger partial charge in [-0.1, -0.05) is 50.8 Å². The zero-order chi connectivity index (χ0) is 26.6. The molecule has 0 fully saturated rings. The first kappa shape index (κ1) is 24.8. The maximum absolute atomic E-state index is 14.6. The molecule has 3 N–H and O–H groups in total. The number of nitrogens with one attached hydrogen (secondary N) is 3. The SMILES string of the molecule is C=C(CCC)Nc1cncc(C(=C)/C=c2/c(-c3nc4c(-c5ccccc5F)cncc4[nH]3)n[nH]/c2=C/C)c1. The number of hydrogen-bond donors (Lipinski definition) is 3. The molecule has 0 saturated carbocycles. The Balaban J connectivity index is 1.57. The van der Waals surface area contributed by atoms with E-state index in [0.29, 0.717) is 33.7 Å². The minimum Gasteiger partial charge on any atom is -0.358 e. The van der Waals surface area contributed by atoms with Crippen molar-refractivity contribution in [1.29, 1.82) is 0 Å². The number of fused-ring (bicyclic) bond motifs is 1. The van der Waals surface area contributed by atoms with E-state index < -0.39 is 0 Å². The van der Waals surface area contributed by atoms with Crippen LogP contribution in [0.15, 0.2) is 74.0 Å². The van der Waals surface area contributed by atoms with Crippen LogP contribution in [-0.4, -0.2) is 30.1 Å². The highest BCUT2D eigenvalue weighted by Crippen LogP contribution is 2.29. The summed E-state index contributed by atoms with van der Waals surface area (Å²) in [6, 6.07) is 8.59. The van der Waals surface area contributed by atoms with E-state index >= 15 is 0 Å². The number of hydrogen-bond acceptors (Lipinski definition) is 5. The van der Waals surface area contributed by atoms with E-state index in [1.807, 2.05) is 25.1 Å². The number of benzene rings is 1. The van der Waals surface area contributed by atoms with Crippen LogP contribution >= 0.6 is 0 Å². The molecule has 0 unspecified atom stereocenters. The molecular weight excluding hydrogens is 477 g/mol. The Kier molecular flexibility index (Phi) is 6.95. The first-order valence-corrected chi connectivity index (χ1v) is 12.4. The highest BCUT2D eigenvalue weighted by Gasteiger charge is 2.16. The summed E-state index contributed by atoms with van der Waals surface area (Å²) in [7, 11) is 0. The third-order valence-corrected chi connectivity index (χ3v) is 6.21. The van der Waals surface area contributed by atoms with Crippen molar-refractivity contribution in [2.24, 2.45) is 0 Å². The van der Waals surface area contributed by atoms with Gasteiger partial charge in [0.25, 0.3) is 0 Å². The second-order valence-electron chi connectivity index (χ2n) is 8.95. The molecule has 7 nitrogen and oxygen atoms in total. The van der Waals surface area contributed by atoms with Crippen LogP contribution in [0, 0.1) is 5.82 Å². The molecular formula is C30H28FN7. The molecule has 1 aromatic carbocycles. The van der Waals surface area contributed by atoms with Crippen molar-refractivity contribution in [3.63, 3.8) is 0 Å². The summed E-state index contributed by atoms with van der Waals surface area (Å²) < 4.78 is 14.6. The summed E-state index contributed by atoms with van der Waals surface area (Å²) in [6.07, 6.45) is 12.6. The van der Waals surface area contributed by atoms with Gasteiger partial charge >= 0.3 is 0 Å². The number of allylic oxidation sites excluding steroid dienone is 2. The summed E-state index contributed by atoms with van der Waals surface area (Å²) in [6.45, 7) is 12.4. The van der Waals surface area contributed by atoms with Crippen molar-refractivity contribution in [1.82, 2.24) is 30.1 Å². The molecule has 5 rings (SSSR count). The third-order valence-electron chi connectivity index (χ3n) is 6.21. The van der Waals surface area contributed by atoms with Gasteiger partial charge in [0.1, 0.15) is 17.0 Å².